The van der Waals surface area contributed by atoms with Gasteiger partial charge < -0.3 is 14.3 Å². The SMILES string of the molecule is O=c1ccc2ccccc2n1CCNCc1ccoc1. The van der Waals surface area contributed by atoms with Crippen molar-refractivity contribution in [1.82, 2.24) is 9.88 Å². The van der Waals surface area contributed by atoms with E-state index in [4.69, 9.17) is 4.42 Å². The van der Waals surface area contributed by atoms with Gasteiger partial charge in [0.1, 0.15) is 0 Å². The van der Waals surface area contributed by atoms with Crippen molar-refractivity contribution in [3.63, 3.8) is 0 Å². The molecule has 0 radical (unpaired) electrons. The zero-order valence-electron chi connectivity index (χ0n) is 11.1. The van der Waals surface area contributed by atoms with Crippen molar-refractivity contribution in [1.29, 1.82) is 0 Å². The topological polar surface area (TPSA) is 47.2 Å². The van der Waals surface area contributed by atoms with Crippen LogP contribution in [0.5, 0.6) is 0 Å². The summed E-state index contributed by atoms with van der Waals surface area (Å²) in [6.45, 7) is 2.13. The van der Waals surface area contributed by atoms with Crippen LogP contribution in [0.15, 0.2) is 64.2 Å². The highest BCUT2D eigenvalue weighted by Gasteiger charge is 2.02. The number of hydrogen-bond acceptors (Lipinski definition) is 3. The highest BCUT2D eigenvalue weighted by Crippen LogP contribution is 2.10. The Hall–Kier alpha value is -2.33. The van der Waals surface area contributed by atoms with Crippen LogP contribution in [-0.4, -0.2) is 11.1 Å². The molecule has 0 aliphatic heterocycles. The normalized spacial score (nSPS) is 11.0. The van der Waals surface area contributed by atoms with Gasteiger partial charge in [0.15, 0.2) is 0 Å². The summed E-state index contributed by atoms with van der Waals surface area (Å²) in [6, 6.07) is 13.4. The van der Waals surface area contributed by atoms with Gasteiger partial charge in [0.2, 0.25) is 0 Å². The van der Waals surface area contributed by atoms with Crippen LogP contribution in [0.1, 0.15) is 5.56 Å². The number of pyridine rings is 1. The Balaban J connectivity index is 1.71. The number of para-hydroxylation sites is 1. The van der Waals surface area contributed by atoms with Gasteiger partial charge in [0, 0.05) is 31.3 Å². The van der Waals surface area contributed by atoms with Crippen molar-refractivity contribution in [2.24, 2.45) is 0 Å². The Bertz CT molecular complexity index is 745. The van der Waals surface area contributed by atoms with Crippen LogP contribution in [0.3, 0.4) is 0 Å². The molecule has 4 heteroatoms. The first-order valence-electron chi connectivity index (χ1n) is 6.65. The Kier molecular flexibility index (Phi) is 3.65. The lowest BCUT2D eigenvalue weighted by atomic mass is 10.2. The highest BCUT2D eigenvalue weighted by molar-refractivity contribution is 5.78. The van der Waals surface area contributed by atoms with Crippen molar-refractivity contribution in [2.75, 3.05) is 6.54 Å². The van der Waals surface area contributed by atoms with Crippen molar-refractivity contribution in [3.8, 4) is 0 Å². The molecule has 0 unspecified atom stereocenters. The third kappa shape index (κ3) is 2.65. The van der Waals surface area contributed by atoms with Gasteiger partial charge in [0.25, 0.3) is 5.56 Å². The molecule has 2 aromatic heterocycles. The molecule has 1 N–H and O–H groups in total. The summed E-state index contributed by atoms with van der Waals surface area (Å²) in [6.07, 6.45) is 3.38. The molecule has 0 bridgehead atoms. The lowest BCUT2D eigenvalue weighted by molar-refractivity contribution is 0.556. The van der Waals surface area contributed by atoms with E-state index >= 15 is 0 Å². The molecule has 3 rings (SSSR count). The van der Waals surface area contributed by atoms with E-state index in [0.29, 0.717) is 6.54 Å². The predicted octanol–water partition coefficient (Wildman–Crippen LogP) is 2.38. The molecule has 3 aromatic rings. The van der Waals surface area contributed by atoms with Gasteiger partial charge in [-0.3, -0.25) is 4.79 Å². The number of furan rings is 1. The molecular weight excluding hydrogens is 252 g/mol. The minimum Gasteiger partial charge on any atom is -0.472 e. The van der Waals surface area contributed by atoms with Gasteiger partial charge >= 0.3 is 0 Å². The molecule has 0 saturated heterocycles. The van der Waals surface area contributed by atoms with Gasteiger partial charge in [-0.1, -0.05) is 18.2 Å². The zero-order chi connectivity index (χ0) is 13.8. The van der Waals surface area contributed by atoms with Crippen LogP contribution in [0.2, 0.25) is 0 Å². The first-order chi connectivity index (χ1) is 9.84. The van der Waals surface area contributed by atoms with Gasteiger partial charge in [-0.2, -0.15) is 0 Å². The smallest absolute Gasteiger partial charge is 0.251 e. The zero-order valence-corrected chi connectivity index (χ0v) is 11.1. The lowest BCUT2D eigenvalue weighted by Gasteiger charge is -2.10. The molecular formula is C16H16N2O2. The molecule has 0 saturated carbocycles. The molecule has 0 aliphatic carbocycles. The summed E-state index contributed by atoms with van der Waals surface area (Å²) >= 11 is 0. The van der Waals surface area contributed by atoms with Crippen molar-refractivity contribution in [2.45, 2.75) is 13.1 Å². The summed E-state index contributed by atoms with van der Waals surface area (Å²) in [5, 5.41) is 4.39. The molecule has 0 atom stereocenters. The van der Waals surface area contributed by atoms with E-state index in [1.165, 1.54) is 0 Å². The minimum absolute atomic E-state index is 0.0359. The van der Waals surface area contributed by atoms with E-state index in [-0.39, 0.29) is 5.56 Å². The summed E-state index contributed by atoms with van der Waals surface area (Å²) < 4.78 is 6.81. The van der Waals surface area contributed by atoms with Crippen LogP contribution in [0.25, 0.3) is 10.9 Å². The Labute approximate surface area is 116 Å². The van der Waals surface area contributed by atoms with Crippen LogP contribution in [0, 0.1) is 0 Å². The van der Waals surface area contributed by atoms with Crippen molar-refractivity contribution in [3.05, 3.63) is 70.9 Å². The fourth-order valence-electron chi connectivity index (χ4n) is 2.29. The minimum atomic E-state index is 0.0359. The van der Waals surface area contributed by atoms with Gasteiger partial charge in [0.05, 0.1) is 18.0 Å². The summed E-state index contributed by atoms with van der Waals surface area (Å²) in [7, 11) is 0. The second kappa shape index (κ2) is 5.75. The maximum atomic E-state index is 12.0. The molecule has 0 aliphatic rings. The van der Waals surface area contributed by atoms with Crippen LogP contribution in [0.4, 0.5) is 0 Å². The van der Waals surface area contributed by atoms with Crippen LogP contribution in [-0.2, 0) is 13.1 Å². The maximum Gasteiger partial charge on any atom is 0.251 e. The number of hydrogen-bond donors (Lipinski definition) is 1. The van der Waals surface area contributed by atoms with E-state index in [1.54, 1.807) is 23.2 Å². The molecule has 0 amide bonds. The number of fused-ring (bicyclic) bond motifs is 1. The number of benzene rings is 1. The highest BCUT2D eigenvalue weighted by atomic mass is 16.3. The summed E-state index contributed by atoms with van der Waals surface area (Å²) in [5.41, 5.74) is 2.12. The Morgan fingerprint density at radius 2 is 2.00 bits per heavy atom. The molecule has 2 heterocycles. The predicted molar refractivity (Wildman–Crippen MR) is 78.6 cm³/mol. The van der Waals surface area contributed by atoms with Crippen LogP contribution >= 0.6 is 0 Å². The molecule has 4 nitrogen and oxygen atoms in total. The van der Waals surface area contributed by atoms with Gasteiger partial charge in [-0.15, -0.1) is 0 Å². The van der Waals surface area contributed by atoms with Gasteiger partial charge in [-0.25, -0.2) is 0 Å². The standard InChI is InChI=1S/C16H16N2O2/c19-16-6-5-14-3-1-2-4-15(14)18(16)9-8-17-11-13-7-10-20-12-13/h1-7,10,12,17H,8-9,11H2. The van der Waals surface area contributed by atoms with E-state index < -0.39 is 0 Å². The number of aromatic nitrogens is 1. The Morgan fingerprint density at radius 1 is 1.10 bits per heavy atom. The number of nitrogens with zero attached hydrogens (tertiary/aromatic N) is 1. The third-order valence-electron chi connectivity index (χ3n) is 3.32. The van der Waals surface area contributed by atoms with E-state index in [0.717, 1.165) is 29.6 Å². The molecule has 0 fully saturated rings. The van der Waals surface area contributed by atoms with Gasteiger partial charge in [-0.05, 0) is 23.6 Å². The monoisotopic (exact) mass is 268 g/mol. The quantitative estimate of drug-likeness (QED) is 0.723. The van der Waals surface area contributed by atoms with Crippen molar-refractivity contribution < 1.29 is 4.42 Å². The first kappa shape index (κ1) is 12.7. The second-order valence-electron chi connectivity index (χ2n) is 4.69. The third-order valence-corrected chi connectivity index (χ3v) is 3.32. The fourth-order valence-corrected chi connectivity index (χ4v) is 2.29. The van der Waals surface area contributed by atoms with E-state index in [9.17, 15) is 4.79 Å². The maximum absolute atomic E-state index is 12.0. The lowest BCUT2D eigenvalue weighted by Crippen LogP contribution is -2.26. The van der Waals surface area contributed by atoms with Crippen LogP contribution < -0.4 is 10.9 Å². The van der Waals surface area contributed by atoms with E-state index in [2.05, 4.69) is 5.32 Å². The largest absolute Gasteiger partial charge is 0.472 e. The van der Waals surface area contributed by atoms with E-state index in [1.807, 2.05) is 36.4 Å². The summed E-state index contributed by atoms with van der Waals surface area (Å²) in [5.74, 6) is 0. The molecule has 20 heavy (non-hydrogen) atoms. The fraction of sp³-hybridized carbons (Fsp3) is 0.188. The first-order valence-corrected chi connectivity index (χ1v) is 6.65. The van der Waals surface area contributed by atoms with Crippen molar-refractivity contribution >= 4 is 10.9 Å². The second-order valence-corrected chi connectivity index (χ2v) is 4.69. The molecule has 0 spiro atoms. The molecule has 1 aromatic carbocycles. The summed E-state index contributed by atoms with van der Waals surface area (Å²) in [4.78, 5) is 12.0. The average Bonchev–Trinajstić information content (AvgIpc) is 2.98. The molecule has 102 valence electrons. The Morgan fingerprint density at radius 3 is 2.85 bits per heavy atom. The number of nitrogens with one attached hydrogen (secondary N) is 1. The number of rotatable bonds is 5. The average molecular weight is 268 g/mol.